The van der Waals surface area contributed by atoms with Crippen LogP contribution in [-0.2, 0) is 28.5 Å². The molecule has 2 bridgehead atoms. The highest BCUT2D eigenvalue weighted by molar-refractivity contribution is 5.85. The maximum absolute atomic E-state index is 13.5. The molecule has 0 radical (unpaired) electrons. The highest BCUT2D eigenvalue weighted by Gasteiger charge is 2.72. The minimum Gasteiger partial charge on any atom is -0.459 e. The van der Waals surface area contributed by atoms with Gasteiger partial charge in [-0.25, -0.2) is 0 Å². The van der Waals surface area contributed by atoms with Crippen molar-refractivity contribution in [3.05, 3.63) is 11.6 Å². The maximum Gasteiger partial charge on any atom is 0.312 e. The van der Waals surface area contributed by atoms with Gasteiger partial charge in [0.25, 0.3) is 0 Å². The van der Waals surface area contributed by atoms with E-state index in [4.69, 9.17) is 18.9 Å². The van der Waals surface area contributed by atoms with Crippen molar-refractivity contribution >= 4 is 11.8 Å². The van der Waals surface area contributed by atoms with Crippen molar-refractivity contribution in [2.45, 2.75) is 115 Å². The highest BCUT2D eigenvalue weighted by atomic mass is 16.6. The average Bonchev–Trinajstić information content (AvgIpc) is 3.71. The smallest absolute Gasteiger partial charge is 0.312 e. The molecule has 4 saturated carbocycles. The average molecular weight is 461 g/mol. The van der Waals surface area contributed by atoms with E-state index in [0.717, 1.165) is 64.4 Å². The second-order valence-corrected chi connectivity index (χ2v) is 11.9. The maximum atomic E-state index is 13.5. The van der Waals surface area contributed by atoms with Gasteiger partial charge in [-0.3, -0.25) is 9.59 Å². The third kappa shape index (κ3) is 3.71. The number of methoxy groups -OCH3 is 1. The summed E-state index contributed by atoms with van der Waals surface area (Å²) < 4.78 is 24.6. The number of ether oxygens (including phenoxy) is 4. The Morgan fingerprint density at radius 2 is 1.61 bits per heavy atom. The summed E-state index contributed by atoms with van der Waals surface area (Å²) in [5, 5.41) is 0. The van der Waals surface area contributed by atoms with Gasteiger partial charge in [-0.1, -0.05) is 11.6 Å². The molecule has 6 rings (SSSR count). The van der Waals surface area contributed by atoms with Crippen LogP contribution in [-0.4, -0.2) is 55.0 Å². The predicted octanol–water partition coefficient (Wildman–Crippen LogP) is 4.54. The van der Waals surface area contributed by atoms with Crippen LogP contribution >= 0.6 is 0 Å². The Balaban J connectivity index is 1.30. The Hall–Kier alpha value is -1.24. The Kier molecular flexibility index (Phi) is 5.62. The topological polar surface area (TPSA) is 77.7 Å². The normalized spacial score (nSPS) is 47.8. The Morgan fingerprint density at radius 3 is 2.12 bits per heavy atom. The zero-order chi connectivity index (χ0) is 23.6. The van der Waals surface area contributed by atoms with E-state index >= 15 is 0 Å². The molecule has 1 spiro atoms. The van der Waals surface area contributed by atoms with Crippen LogP contribution < -0.4 is 0 Å². The summed E-state index contributed by atoms with van der Waals surface area (Å²) in [6, 6.07) is 0. The monoisotopic (exact) mass is 460 g/mol. The number of hydrogen-bond acceptors (Lipinski definition) is 6. The van der Waals surface area contributed by atoms with Gasteiger partial charge in [0, 0.05) is 12.5 Å². The van der Waals surface area contributed by atoms with Crippen LogP contribution in [0.3, 0.4) is 0 Å². The van der Waals surface area contributed by atoms with E-state index in [1.165, 1.54) is 5.57 Å². The van der Waals surface area contributed by atoms with Gasteiger partial charge < -0.3 is 18.9 Å². The van der Waals surface area contributed by atoms with Crippen molar-refractivity contribution in [2.75, 3.05) is 13.7 Å². The van der Waals surface area contributed by atoms with Crippen LogP contribution in [0.2, 0.25) is 0 Å². The van der Waals surface area contributed by atoms with E-state index in [-0.39, 0.29) is 52.6 Å². The van der Waals surface area contributed by atoms with Crippen LogP contribution in [0.25, 0.3) is 0 Å². The van der Waals surface area contributed by atoms with Gasteiger partial charge in [-0.2, -0.15) is 0 Å². The van der Waals surface area contributed by atoms with Gasteiger partial charge in [-0.05, 0) is 85.5 Å². The third-order valence-corrected chi connectivity index (χ3v) is 9.92. The molecule has 4 aliphatic carbocycles. The summed E-state index contributed by atoms with van der Waals surface area (Å²) in [5.41, 5.74) is 0.122. The standard InChI is InChI=1S/C27H40O6/c1-17(2)6-7-20-24(4,33-20)22-21(30-5)19(8-9-27(22)16-31-27)32-23(29)26-13-10-25(11-14-26,12-15-26)18(3)28/h6,19-22H,7-16H2,1-5H3/t19-,20-,21-,22-,24?,25?,26?,27+/m1/s1. The molecule has 0 N–H and O–H groups in total. The molecule has 0 aromatic heterocycles. The summed E-state index contributed by atoms with van der Waals surface area (Å²) in [7, 11) is 1.72. The molecule has 6 aliphatic rings. The van der Waals surface area contributed by atoms with Gasteiger partial charge in [-0.15, -0.1) is 0 Å². The van der Waals surface area contributed by atoms with Crippen molar-refractivity contribution < 1.29 is 28.5 Å². The van der Waals surface area contributed by atoms with Crippen molar-refractivity contribution in [2.24, 2.45) is 16.7 Å². The lowest BCUT2D eigenvalue weighted by molar-refractivity contribution is -0.190. The molecule has 1 unspecified atom stereocenters. The number of carbonyl (C=O) groups is 2. The van der Waals surface area contributed by atoms with Gasteiger partial charge in [0.05, 0.1) is 24.0 Å². The second-order valence-electron chi connectivity index (χ2n) is 11.9. The summed E-state index contributed by atoms with van der Waals surface area (Å²) in [5.74, 6) is 0.243. The van der Waals surface area contributed by atoms with E-state index < -0.39 is 5.41 Å². The number of hydrogen-bond donors (Lipinski definition) is 0. The summed E-state index contributed by atoms with van der Waals surface area (Å²) in [6.45, 7) is 8.82. The molecule has 6 nitrogen and oxygen atoms in total. The first-order chi connectivity index (χ1) is 15.6. The van der Waals surface area contributed by atoms with Crippen LogP contribution in [0.4, 0.5) is 0 Å². The molecule has 33 heavy (non-hydrogen) atoms. The van der Waals surface area contributed by atoms with Crippen molar-refractivity contribution in [1.29, 1.82) is 0 Å². The molecule has 6 heteroatoms. The fourth-order valence-corrected chi connectivity index (χ4v) is 7.35. The number of rotatable bonds is 7. The third-order valence-electron chi connectivity index (χ3n) is 9.92. The van der Waals surface area contributed by atoms with Crippen LogP contribution in [0, 0.1) is 16.7 Å². The highest BCUT2D eigenvalue weighted by Crippen LogP contribution is 2.61. The minimum absolute atomic E-state index is 0.0395. The fourth-order valence-electron chi connectivity index (χ4n) is 7.35. The molecule has 0 amide bonds. The fraction of sp³-hybridized carbons (Fsp3) is 0.852. The van der Waals surface area contributed by atoms with Crippen molar-refractivity contribution in [1.82, 2.24) is 0 Å². The number of fused-ring (bicyclic) bond motifs is 3. The molecule has 0 aromatic rings. The molecule has 2 aliphatic heterocycles. The van der Waals surface area contributed by atoms with E-state index in [1.807, 2.05) is 0 Å². The predicted molar refractivity (Wildman–Crippen MR) is 123 cm³/mol. The van der Waals surface area contributed by atoms with E-state index in [2.05, 4.69) is 26.8 Å². The molecule has 2 heterocycles. The number of carbonyl (C=O) groups excluding carboxylic acids is 2. The lowest BCUT2D eigenvalue weighted by Gasteiger charge is -2.51. The number of esters is 1. The van der Waals surface area contributed by atoms with Crippen LogP contribution in [0.1, 0.15) is 85.5 Å². The zero-order valence-corrected chi connectivity index (χ0v) is 20.9. The molecule has 2 saturated heterocycles. The number of Topliss-reactive ketones (excluding diaryl/α,β-unsaturated/α-hetero) is 1. The van der Waals surface area contributed by atoms with Gasteiger partial charge >= 0.3 is 5.97 Å². The molecular formula is C27H40O6. The van der Waals surface area contributed by atoms with E-state index in [1.54, 1.807) is 14.0 Å². The van der Waals surface area contributed by atoms with Gasteiger partial charge in [0.15, 0.2) is 0 Å². The first-order valence-corrected chi connectivity index (χ1v) is 12.8. The van der Waals surface area contributed by atoms with Gasteiger partial charge in [0.1, 0.15) is 29.2 Å². The lowest BCUT2D eigenvalue weighted by Crippen LogP contribution is -2.57. The van der Waals surface area contributed by atoms with Crippen molar-refractivity contribution in [3.8, 4) is 0 Å². The SMILES string of the molecule is CO[C@H]1[C@H](C2(C)O[C@@H]2CC=C(C)C)[C@]2(CC[C@H]1OC(=O)C13CCC(C(C)=O)(CC1)CC3)CO2. The molecule has 184 valence electrons. The molecule has 6 fully saturated rings. The molecule has 6 atom stereocenters. The van der Waals surface area contributed by atoms with E-state index in [0.29, 0.717) is 0 Å². The number of ketones is 1. The van der Waals surface area contributed by atoms with Gasteiger partial charge in [0.2, 0.25) is 0 Å². The van der Waals surface area contributed by atoms with E-state index in [9.17, 15) is 9.59 Å². The Morgan fingerprint density at radius 1 is 1.00 bits per heavy atom. The second kappa shape index (κ2) is 7.89. The minimum atomic E-state index is -0.428. The Bertz CT molecular complexity index is 828. The largest absolute Gasteiger partial charge is 0.459 e. The summed E-state index contributed by atoms with van der Waals surface area (Å²) in [6.07, 6.45) is 9.06. The van der Waals surface area contributed by atoms with Crippen molar-refractivity contribution in [3.63, 3.8) is 0 Å². The number of epoxide rings is 2. The summed E-state index contributed by atoms with van der Waals surface area (Å²) in [4.78, 5) is 25.7. The number of allylic oxidation sites excluding steroid dienone is 1. The molecular weight excluding hydrogens is 420 g/mol. The summed E-state index contributed by atoms with van der Waals surface area (Å²) >= 11 is 0. The van der Waals surface area contributed by atoms with Crippen LogP contribution in [0.15, 0.2) is 11.6 Å². The Labute approximate surface area is 197 Å². The first kappa shape index (κ1) is 23.5. The lowest BCUT2D eigenvalue weighted by atomic mass is 9.52. The zero-order valence-electron chi connectivity index (χ0n) is 20.9. The van der Waals surface area contributed by atoms with Crippen LogP contribution in [0.5, 0.6) is 0 Å². The quantitative estimate of drug-likeness (QED) is 0.315. The first-order valence-electron chi connectivity index (χ1n) is 12.8. The molecule has 0 aromatic carbocycles.